The van der Waals surface area contributed by atoms with E-state index in [0.29, 0.717) is 22.3 Å². The Labute approximate surface area is 169 Å². The van der Waals surface area contributed by atoms with Gasteiger partial charge in [-0.3, -0.25) is 9.59 Å². The van der Waals surface area contributed by atoms with Crippen LogP contribution in [0.4, 0.5) is 0 Å². The minimum Gasteiger partial charge on any atom is -0.484 e. The van der Waals surface area contributed by atoms with Crippen molar-refractivity contribution in [2.24, 2.45) is 0 Å². The van der Waals surface area contributed by atoms with Gasteiger partial charge in [-0.05, 0) is 43.7 Å². The van der Waals surface area contributed by atoms with Crippen molar-refractivity contribution < 1.29 is 14.3 Å². The SMILES string of the molecule is CCNC(=O)[C@H](C)N(Cc1ccc(Cl)c(Cl)c1)C(=O)COc1ccccc1. The zero-order valence-electron chi connectivity index (χ0n) is 15.2. The van der Waals surface area contributed by atoms with Crippen LogP contribution in [0.5, 0.6) is 5.75 Å². The molecular formula is C20H22Cl2N2O3. The number of hydrogen-bond acceptors (Lipinski definition) is 3. The van der Waals surface area contributed by atoms with Crippen molar-refractivity contribution in [1.82, 2.24) is 10.2 Å². The lowest BCUT2D eigenvalue weighted by molar-refractivity contribution is -0.142. The van der Waals surface area contributed by atoms with E-state index in [1.807, 2.05) is 25.1 Å². The fraction of sp³-hybridized carbons (Fsp3) is 0.300. The molecule has 0 radical (unpaired) electrons. The topological polar surface area (TPSA) is 58.6 Å². The molecule has 1 N–H and O–H groups in total. The number of rotatable bonds is 8. The number of nitrogens with one attached hydrogen (secondary N) is 1. The van der Waals surface area contributed by atoms with Crippen molar-refractivity contribution in [3.8, 4) is 5.75 Å². The molecule has 144 valence electrons. The summed E-state index contributed by atoms with van der Waals surface area (Å²) in [6.07, 6.45) is 0. The third kappa shape index (κ3) is 6.15. The Kier molecular flexibility index (Phi) is 7.95. The molecule has 0 aliphatic carbocycles. The highest BCUT2D eigenvalue weighted by Gasteiger charge is 2.26. The quantitative estimate of drug-likeness (QED) is 0.719. The van der Waals surface area contributed by atoms with Crippen LogP contribution in [0.3, 0.4) is 0 Å². The van der Waals surface area contributed by atoms with Crippen LogP contribution in [0.15, 0.2) is 48.5 Å². The highest BCUT2D eigenvalue weighted by Crippen LogP contribution is 2.24. The second-order valence-electron chi connectivity index (χ2n) is 5.94. The molecule has 2 amide bonds. The number of carbonyl (C=O) groups is 2. The van der Waals surface area contributed by atoms with E-state index in [9.17, 15) is 9.59 Å². The number of nitrogens with zero attached hydrogens (tertiary/aromatic N) is 1. The lowest BCUT2D eigenvalue weighted by Gasteiger charge is -2.28. The maximum absolute atomic E-state index is 12.8. The predicted octanol–water partition coefficient (Wildman–Crippen LogP) is 3.93. The Balaban J connectivity index is 2.15. The average molecular weight is 409 g/mol. The van der Waals surface area contributed by atoms with Crippen LogP contribution in [0.1, 0.15) is 19.4 Å². The standard InChI is InChI=1S/C20H22Cl2N2O3/c1-3-23-20(26)14(2)24(12-15-9-10-17(21)18(22)11-15)19(25)13-27-16-7-5-4-6-8-16/h4-11,14H,3,12-13H2,1-2H3,(H,23,26)/t14-/m0/s1. The van der Waals surface area contributed by atoms with Crippen molar-refractivity contribution >= 4 is 35.0 Å². The van der Waals surface area contributed by atoms with Crippen molar-refractivity contribution in [3.63, 3.8) is 0 Å². The molecule has 0 saturated heterocycles. The summed E-state index contributed by atoms with van der Waals surface area (Å²) in [4.78, 5) is 26.5. The summed E-state index contributed by atoms with van der Waals surface area (Å²) in [6.45, 7) is 4.04. The van der Waals surface area contributed by atoms with E-state index in [-0.39, 0.29) is 25.0 Å². The van der Waals surface area contributed by atoms with Gasteiger partial charge < -0.3 is 15.0 Å². The number of halogens is 2. The molecule has 2 aromatic rings. The van der Waals surface area contributed by atoms with E-state index in [0.717, 1.165) is 5.56 Å². The summed E-state index contributed by atoms with van der Waals surface area (Å²) in [7, 11) is 0. The predicted molar refractivity (Wildman–Crippen MR) is 107 cm³/mol. The second-order valence-corrected chi connectivity index (χ2v) is 6.76. The molecule has 7 heteroatoms. The van der Waals surface area contributed by atoms with Crippen LogP contribution >= 0.6 is 23.2 Å². The van der Waals surface area contributed by atoms with Crippen LogP contribution in [-0.2, 0) is 16.1 Å². The first-order valence-electron chi connectivity index (χ1n) is 8.61. The lowest BCUT2D eigenvalue weighted by Crippen LogP contribution is -2.49. The lowest BCUT2D eigenvalue weighted by atomic mass is 10.1. The number of benzene rings is 2. The summed E-state index contributed by atoms with van der Waals surface area (Å²) >= 11 is 12.0. The van der Waals surface area contributed by atoms with Gasteiger partial charge in [-0.1, -0.05) is 47.5 Å². The summed E-state index contributed by atoms with van der Waals surface area (Å²) in [5.41, 5.74) is 0.772. The molecule has 2 aromatic carbocycles. The van der Waals surface area contributed by atoms with Crippen LogP contribution in [0.2, 0.25) is 10.0 Å². The highest BCUT2D eigenvalue weighted by atomic mass is 35.5. The maximum atomic E-state index is 12.8. The van der Waals surface area contributed by atoms with Gasteiger partial charge in [0.05, 0.1) is 10.0 Å². The smallest absolute Gasteiger partial charge is 0.261 e. The summed E-state index contributed by atoms with van der Waals surface area (Å²) in [5.74, 6) is 0.0558. The zero-order valence-corrected chi connectivity index (χ0v) is 16.8. The molecule has 0 unspecified atom stereocenters. The molecule has 0 bridgehead atoms. The molecule has 0 aliphatic heterocycles. The summed E-state index contributed by atoms with van der Waals surface area (Å²) in [6, 6.07) is 13.5. The first-order chi connectivity index (χ1) is 12.9. The number of hydrogen-bond donors (Lipinski definition) is 1. The van der Waals surface area contributed by atoms with Crippen LogP contribution in [0.25, 0.3) is 0 Å². The molecule has 0 saturated carbocycles. The minimum absolute atomic E-state index is 0.172. The van der Waals surface area contributed by atoms with Gasteiger partial charge in [0.1, 0.15) is 11.8 Å². The Bertz CT molecular complexity index is 784. The monoisotopic (exact) mass is 408 g/mol. The van der Waals surface area contributed by atoms with Crippen molar-refractivity contribution in [2.45, 2.75) is 26.4 Å². The van der Waals surface area contributed by atoms with Gasteiger partial charge in [0.25, 0.3) is 5.91 Å². The molecule has 2 rings (SSSR count). The number of para-hydroxylation sites is 1. The van der Waals surface area contributed by atoms with Gasteiger partial charge in [-0.15, -0.1) is 0 Å². The Hall–Kier alpha value is -2.24. The van der Waals surface area contributed by atoms with E-state index in [1.54, 1.807) is 37.3 Å². The number of amides is 2. The van der Waals surface area contributed by atoms with Gasteiger partial charge >= 0.3 is 0 Å². The Morgan fingerprint density at radius 1 is 1.11 bits per heavy atom. The normalized spacial score (nSPS) is 11.6. The maximum Gasteiger partial charge on any atom is 0.261 e. The summed E-state index contributed by atoms with van der Waals surface area (Å²) in [5, 5.41) is 3.57. The molecule has 0 aromatic heterocycles. The van der Waals surface area contributed by atoms with Crippen LogP contribution in [0, 0.1) is 0 Å². The fourth-order valence-corrected chi connectivity index (χ4v) is 2.80. The van der Waals surface area contributed by atoms with Crippen LogP contribution in [-0.4, -0.2) is 35.9 Å². The average Bonchev–Trinajstić information content (AvgIpc) is 2.67. The van der Waals surface area contributed by atoms with Gasteiger partial charge in [-0.25, -0.2) is 0 Å². The molecule has 27 heavy (non-hydrogen) atoms. The molecule has 0 heterocycles. The number of ether oxygens (including phenoxy) is 1. The van der Waals surface area contributed by atoms with E-state index in [4.69, 9.17) is 27.9 Å². The molecule has 0 fully saturated rings. The Morgan fingerprint density at radius 2 is 1.81 bits per heavy atom. The van der Waals surface area contributed by atoms with Gasteiger partial charge in [0, 0.05) is 13.1 Å². The fourth-order valence-electron chi connectivity index (χ4n) is 2.48. The zero-order chi connectivity index (χ0) is 19.8. The van der Waals surface area contributed by atoms with Gasteiger partial charge in [0.15, 0.2) is 6.61 Å². The van der Waals surface area contributed by atoms with E-state index < -0.39 is 6.04 Å². The molecular weight excluding hydrogens is 387 g/mol. The number of likely N-dealkylation sites (N-methyl/N-ethyl adjacent to an activating group) is 1. The molecule has 0 aliphatic rings. The van der Waals surface area contributed by atoms with E-state index in [2.05, 4.69) is 5.32 Å². The van der Waals surface area contributed by atoms with Crippen molar-refractivity contribution in [3.05, 3.63) is 64.1 Å². The third-order valence-corrected chi connectivity index (χ3v) is 4.70. The summed E-state index contributed by atoms with van der Waals surface area (Å²) < 4.78 is 5.55. The van der Waals surface area contributed by atoms with Crippen LogP contribution < -0.4 is 10.1 Å². The second kappa shape index (κ2) is 10.2. The third-order valence-electron chi connectivity index (χ3n) is 3.96. The van der Waals surface area contributed by atoms with Crippen molar-refractivity contribution in [1.29, 1.82) is 0 Å². The first kappa shape index (κ1) is 21.1. The molecule has 0 spiro atoms. The molecule has 1 atom stereocenters. The first-order valence-corrected chi connectivity index (χ1v) is 9.37. The van der Waals surface area contributed by atoms with Crippen molar-refractivity contribution in [2.75, 3.05) is 13.2 Å². The van der Waals surface area contributed by atoms with Gasteiger partial charge in [0.2, 0.25) is 5.91 Å². The highest BCUT2D eigenvalue weighted by molar-refractivity contribution is 6.42. The van der Waals surface area contributed by atoms with E-state index in [1.165, 1.54) is 4.90 Å². The van der Waals surface area contributed by atoms with E-state index >= 15 is 0 Å². The Morgan fingerprint density at radius 3 is 2.44 bits per heavy atom. The minimum atomic E-state index is -0.661. The largest absolute Gasteiger partial charge is 0.484 e. The van der Waals surface area contributed by atoms with Gasteiger partial charge in [-0.2, -0.15) is 0 Å². The number of carbonyl (C=O) groups excluding carboxylic acids is 2. The molecule has 5 nitrogen and oxygen atoms in total.